The summed E-state index contributed by atoms with van der Waals surface area (Å²) < 4.78 is 14.0. The highest BCUT2D eigenvalue weighted by Gasteiger charge is 2.34. The quantitative estimate of drug-likeness (QED) is 0.684. The van der Waals surface area contributed by atoms with Crippen LogP contribution in [-0.2, 0) is 10.2 Å². The second kappa shape index (κ2) is 5.19. The molecule has 0 aliphatic heterocycles. The second-order valence-corrected chi connectivity index (χ2v) is 6.25. The van der Waals surface area contributed by atoms with Crippen LogP contribution in [0.4, 0.5) is 10.1 Å². The molecule has 0 saturated carbocycles. The number of nitrogens with zero attached hydrogens (tertiary/aromatic N) is 1. The van der Waals surface area contributed by atoms with Crippen LogP contribution in [0.15, 0.2) is 18.2 Å². The van der Waals surface area contributed by atoms with Crippen molar-refractivity contribution in [2.45, 2.75) is 45.6 Å². The Morgan fingerprint density at radius 2 is 1.80 bits per heavy atom. The summed E-state index contributed by atoms with van der Waals surface area (Å²) >= 11 is 0. The predicted octanol–water partition coefficient (Wildman–Crippen LogP) is 2.93. The third-order valence-electron chi connectivity index (χ3n) is 2.89. The Kier molecular flexibility index (Phi) is 4.17. The Morgan fingerprint density at radius 1 is 1.25 bits per heavy atom. The molecule has 0 aliphatic carbocycles. The smallest absolute Gasteiger partial charge is 0.272 e. The predicted molar refractivity (Wildman–Crippen MR) is 74.0 cm³/mol. The standard InChI is InChI=1S/C14H19FN2O3/c1-13(2,3)16-12(18)14(4,5)10-7-6-9(17(19)20)8-11(10)15/h6-8H,1-5H3,(H,16,18). The first-order chi connectivity index (χ1) is 8.95. The zero-order valence-corrected chi connectivity index (χ0v) is 12.3. The maximum Gasteiger partial charge on any atom is 0.272 e. The Hall–Kier alpha value is -1.98. The first-order valence-corrected chi connectivity index (χ1v) is 6.22. The van der Waals surface area contributed by atoms with E-state index in [0.717, 1.165) is 6.07 Å². The second-order valence-electron chi connectivity index (χ2n) is 6.25. The molecule has 0 aromatic heterocycles. The molecule has 0 bridgehead atoms. The summed E-state index contributed by atoms with van der Waals surface area (Å²) in [7, 11) is 0. The monoisotopic (exact) mass is 282 g/mol. The molecule has 1 N–H and O–H groups in total. The van der Waals surface area contributed by atoms with Gasteiger partial charge in [-0.2, -0.15) is 0 Å². The van der Waals surface area contributed by atoms with Crippen molar-refractivity contribution in [1.82, 2.24) is 5.32 Å². The van der Waals surface area contributed by atoms with Crippen LogP contribution in [0, 0.1) is 15.9 Å². The Bertz CT molecular complexity index is 548. The molecule has 0 radical (unpaired) electrons. The Morgan fingerprint density at radius 3 is 2.20 bits per heavy atom. The van der Waals surface area contributed by atoms with Gasteiger partial charge in [-0.05, 0) is 40.7 Å². The number of non-ortho nitro benzene ring substituents is 1. The molecule has 110 valence electrons. The fraction of sp³-hybridized carbons (Fsp3) is 0.500. The average molecular weight is 282 g/mol. The van der Waals surface area contributed by atoms with E-state index in [2.05, 4.69) is 5.32 Å². The van der Waals surface area contributed by atoms with E-state index in [4.69, 9.17) is 0 Å². The molecule has 1 aromatic rings. The summed E-state index contributed by atoms with van der Waals surface area (Å²) in [6.07, 6.45) is 0. The van der Waals surface area contributed by atoms with Gasteiger partial charge in [-0.15, -0.1) is 0 Å². The number of hydrogen-bond donors (Lipinski definition) is 1. The summed E-state index contributed by atoms with van der Waals surface area (Å²) in [4.78, 5) is 22.2. The first-order valence-electron chi connectivity index (χ1n) is 6.22. The lowest BCUT2D eigenvalue weighted by Crippen LogP contribution is -2.49. The molecule has 5 nitrogen and oxygen atoms in total. The summed E-state index contributed by atoms with van der Waals surface area (Å²) in [6.45, 7) is 8.64. The highest BCUT2D eigenvalue weighted by atomic mass is 19.1. The van der Waals surface area contributed by atoms with Crippen molar-refractivity contribution in [3.8, 4) is 0 Å². The van der Waals surface area contributed by atoms with Crippen molar-refractivity contribution < 1.29 is 14.1 Å². The third-order valence-corrected chi connectivity index (χ3v) is 2.89. The van der Waals surface area contributed by atoms with E-state index in [1.54, 1.807) is 13.8 Å². The number of nitro benzene ring substituents is 1. The average Bonchev–Trinajstić information content (AvgIpc) is 2.25. The minimum Gasteiger partial charge on any atom is -0.351 e. The van der Waals surface area contributed by atoms with Gasteiger partial charge in [0.15, 0.2) is 0 Å². The van der Waals surface area contributed by atoms with Gasteiger partial charge < -0.3 is 5.32 Å². The molecule has 20 heavy (non-hydrogen) atoms. The van der Waals surface area contributed by atoms with E-state index >= 15 is 0 Å². The number of hydrogen-bond acceptors (Lipinski definition) is 3. The number of rotatable bonds is 3. The molecule has 0 saturated heterocycles. The Labute approximate surface area is 117 Å². The van der Waals surface area contributed by atoms with E-state index in [0.29, 0.717) is 0 Å². The third kappa shape index (κ3) is 3.53. The lowest BCUT2D eigenvalue weighted by atomic mass is 9.82. The van der Waals surface area contributed by atoms with Gasteiger partial charge in [-0.25, -0.2) is 4.39 Å². The molecule has 0 fully saturated rings. The number of nitro groups is 1. The summed E-state index contributed by atoms with van der Waals surface area (Å²) in [5, 5.41) is 13.4. The summed E-state index contributed by atoms with van der Waals surface area (Å²) in [5.74, 6) is -1.09. The van der Waals surface area contributed by atoms with Crippen LogP contribution in [0.1, 0.15) is 40.2 Å². The number of amides is 1. The van der Waals surface area contributed by atoms with Gasteiger partial charge in [0.1, 0.15) is 5.82 Å². The number of nitrogens with one attached hydrogen (secondary N) is 1. The number of halogens is 1. The fourth-order valence-electron chi connectivity index (χ4n) is 1.74. The van der Waals surface area contributed by atoms with Crippen LogP contribution >= 0.6 is 0 Å². The van der Waals surface area contributed by atoms with Crippen molar-refractivity contribution in [3.05, 3.63) is 39.7 Å². The molecule has 1 rings (SSSR count). The van der Waals surface area contributed by atoms with E-state index in [1.807, 2.05) is 20.8 Å². The molecule has 1 amide bonds. The van der Waals surface area contributed by atoms with E-state index in [-0.39, 0.29) is 17.2 Å². The fourth-order valence-corrected chi connectivity index (χ4v) is 1.74. The molecule has 0 unspecified atom stereocenters. The molecule has 1 aromatic carbocycles. The molecule has 0 aliphatic rings. The van der Waals surface area contributed by atoms with Gasteiger partial charge in [0, 0.05) is 17.2 Å². The molecule has 0 heterocycles. The number of carbonyl (C=O) groups is 1. The normalized spacial score (nSPS) is 12.1. The number of carbonyl (C=O) groups excluding carboxylic acids is 1. The van der Waals surface area contributed by atoms with E-state index in [1.165, 1.54) is 12.1 Å². The summed E-state index contributed by atoms with van der Waals surface area (Å²) in [5.41, 5.74) is -1.76. The molecule has 0 atom stereocenters. The molecular formula is C14H19FN2O3. The van der Waals surface area contributed by atoms with Crippen LogP contribution < -0.4 is 5.32 Å². The van der Waals surface area contributed by atoms with Gasteiger partial charge in [0.25, 0.3) is 5.69 Å². The largest absolute Gasteiger partial charge is 0.351 e. The van der Waals surface area contributed by atoms with Crippen molar-refractivity contribution in [2.75, 3.05) is 0 Å². The zero-order chi connectivity index (χ0) is 15.7. The van der Waals surface area contributed by atoms with E-state index < -0.39 is 21.7 Å². The first kappa shape index (κ1) is 16.1. The van der Waals surface area contributed by atoms with Gasteiger partial charge in [0.05, 0.1) is 16.4 Å². The van der Waals surface area contributed by atoms with Crippen molar-refractivity contribution in [3.63, 3.8) is 0 Å². The maximum atomic E-state index is 14.0. The molecule has 6 heteroatoms. The van der Waals surface area contributed by atoms with E-state index in [9.17, 15) is 19.3 Å². The van der Waals surface area contributed by atoms with Gasteiger partial charge in [-0.3, -0.25) is 14.9 Å². The van der Waals surface area contributed by atoms with Gasteiger partial charge in [-0.1, -0.05) is 0 Å². The summed E-state index contributed by atoms with van der Waals surface area (Å²) in [6, 6.07) is 3.32. The van der Waals surface area contributed by atoms with Crippen LogP contribution in [0.2, 0.25) is 0 Å². The van der Waals surface area contributed by atoms with Gasteiger partial charge in [0.2, 0.25) is 5.91 Å². The van der Waals surface area contributed by atoms with Crippen molar-refractivity contribution in [2.24, 2.45) is 0 Å². The van der Waals surface area contributed by atoms with Crippen LogP contribution in [0.3, 0.4) is 0 Å². The van der Waals surface area contributed by atoms with Gasteiger partial charge >= 0.3 is 0 Å². The molecule has 0 spiro atoms. The lowest BCUT2D eigenvalue weighted by Gasteiger charge is -2.30. The van der Waals surface area contributed by atoms with Crippen molar-refractivity contribution in [1.29, 1.82) is 0 Å². The maximum absolute atomic E-state index is 14.0. The zero-order valence-electron chi connectivity index (χ0n) is 12.3. The highest BCUT2D eigenvalue weighted by molar-refractivity contribution is 5.88. The topological polar surface area (TPSA) is 72.2 Å². The van der Waals surface area contributed by atoms with Crippen molar-refractivity contribution >= 4 is 11.6 Å². The molecular weight excluding hydrogens is 263 g/mol. The number of benzene rings is 1. The van der Waals surface area contributed by atoms with Crippen LogP contribution in [0.25, 0.3) is 0 Å². The highest BCUT2D eigenvalue weighted by Crippen LogP contribution is 2.29. The lowest BCUT2D eigenvalue weighted by molar-refractivity contribution is -0.385. The SMILES string of the molecule is CC(C)(C)NC(=O)C(C)(C)c1ccc([N+](=O)[O-])cc1F. The Balaban J connectivity index is 3.15. The van der Waals surface area contributed by atoms with Crippen LogP contribution in [-0.4, -0.2) is 16.4 Å². The van der Waals surface area contributed by atoms with Crippen LogP contribution in [0.5, 0.6) is 0 Å². The minimum absolute atomic E-state index is 0.129. The minimum atomic E-state index is -1.12.